The number of aliphatic imine (C=N–C) groups is 1. The van der Waals surface area contributed by atoms with Gasteiger partial charge in [-0.1, -0.05) is 11.6 Å². The second kappa shape index (κ2) is 11.4. The van der Waals surface area contributed by atoms with Crippen molar-refractivity contribution in [1.29, 1.82) is 0 Å². The predicted octanol–water partition coefficient (Wildman–Crippen LogP) is 2.91. The van der Waals surface area contributed by atoms with Gasteiger partial charge < -0.3 is 15.4 Å². The van der Waals surface area contributed by atoms with E-state index >= 15 is 0 Å². The summed E-state index contributed by atoms with van der Waals surface area (Å²) in [6, 6.07) is 0.667. The molecule has 1 aliphatic carbocycles. The van der Waals surface area contributed by atoms with Gasteiger partial charge in [0.2, 0.25) is 0 Å². The van der Waals surface area contributed by atoms with Crippen molar-refractivity contribution in [3.63, 3.8) is 0 Å². The van der Waals surface area contributed by atoms with E-state index in [4.69, 9.17) is 9.73 Å². The van der Waals surface area contributed by atoms with Gasteiger partial charge in [0.15, 0.2) is 5.96 Å². The largest absolute Gasteiger partial charge is 0.373 e. The van der Waals surface area contributed by atoms with E-state index in [1.807, 2.05) is 0 Å². The summed E-state index contributed by atoms with van der Waals surface area (Å²) in [5, 5.41) is 6.84. The van der Waals surface area contributed by atoms with Crippen LogP contribution < -0.4 is 10.6 Å². The van der Waals surface area contributed by atoms with Crippen molar-refractivity contribution in [2.24, 2.45) is 4.99 Å². The summed E-state index contributed by atoms with van der Waals surface area (Å²) >= 11 is 0. The molecule has 5 nitrogen and oxygen atoms in total. The lowest BCUT2D eigenvalue weighted by molar-refractivity contribution is -0.0432. The number of hydrogen-bond acceptors (Lipinski definition) is 3. The van der Waals surface area contributed by atoms with Gasteiger partial charge in [-0.05, 0) is 58.4 Å². The number of hydrogen-bond donors (Lipinski definition) is 2. The summed E-state index contributed by atoms with van der Waals surface area (Å²) in [5.74, 6) is 0.932. The third-order valence-electron chi connectivity index (χ3n) is 5.38. The SMILES string of the molecule is CCNC(=NCC1CN2CCCC2CO1)NCCC1=CCCCC1.I. The van der Waals surface area contributed by atoms with E-state index in [2.05, 4.69) is 28.5 Å². The van der Waals surface area contributed by atoms with Crippen molar-refractivity contribution in [2.75, 3.05) is 39.3 Å². The molecule has 0 aromatic carbocycles. The average molecular weight is 462 g/mol. The topological polar surface area (TPSA) is 48.9 Å². The fourth-order valence-corrected chi connectivity index (χ4v) is 4.00. The molecule has 2 fully saturated rings. The molecule has 2 aliphatic heterocycles. The molecular formula is C19H35IN4O. The van der Waals surface area contributed by atoms with Crippen LogP contribution in [0.5, 0.6) is 0 Å². The zero-order valence-corrected chi connectivity index (χ0v) is 18.0. The normalized spacial score (nSPS) is 27.2. The first-order valence-electron chi connectivity index (χ1n) is 9.91. The first kappa shape index (κ1) is 21.0. The Bertz CT molecular complexity index is 455. The van der Waals surface area contributed by atoms with E-state index in [1.54, 1.807) is 5.57 Å². The van der Waals surface area contributed by atoms with Crippen molar-refractivity contribution in [1.82, 2.24) is 15.5 Å². The molecule has 0 aromatic heterocycles. The fraction of sp³-hybridized carbons (Fsp3) is 0.842. The van der Waals surface area contributed by atoms with Gasteiger partial charge in [0.1, 0.15) is 0 Å². The molecule has 25 heavy (non-hydrogen) atoms. The molecule has 2 saturated heterocycles. The van der Waals surface area contributed by atoms with Crippen molar-refractivity contribution in [3.8, 4) is 0 Å². The highest BCUT2D eigenvalue weighted by molar-refractivity contribution is 14.0. The lowest BCUT2D eigenvalue weighted by Crippen LogP contribution is -2.47. The van der Waals surface area contributed by atoms with E-state index in [0.29, 0.717) is 6.04 Å². The molecule has 0 bridgehead atoms. The van der Waals surface area contributed by atoms with Crippen molar-refractivity contribution < 1.29 is 4.74 Å². The van der Waals surface area contributed by atoms with Gasteiger partial charge in [-0.3, -0.25) is 9.89 Å². The molecule has 6 heteroatoms. The Hall–Kier alpha value is -0.340. The number of guanidine groups is 1. The monoisotopic (exact) mass is 462 g/mol. The molecule has 2 N–H and O–H groups in total. The highest BCUT2D eigenvalue weighted by atomic mass is 127. The van der Waals surface area contributed by atoms with Crippen LogP contribution in [-0.2, 0) is 4.74 Å². The number of nitrogens with zero attached hydrogens (tertiary/aromatic N) is 2. The number of morpholine rings is 1. The minimum Gasteiger partial charge on any atom is -0.373 e. The van der Waals surface area contributed by atoms with Crippen LogP contribution in [0.15, 0.2) is 16.6 Å². The van der Waals surface area contributed by atoms with Gasteiger partial charge in [-0.25, -0.2) is 0 Å². The number of allylic oxidation sites excluding steroid dienone is 1. The summed E-state index contributed by atoms with van der Waals surface area (Å²) in [5.41, 5.74) is 1.61. The maximum atomic E-state index is 6.01. The van der Waals surface area contributed by atoms with Crippen LogP contribution in [0.4, 0.5) is 0 Å². The molecule has 3 rings (SSSR count). The van der Waals surface area contributed by atoms with Crippen molar-refractivity contribution in [3.05, 3.63) is 11.6 Å². The van der Waals surface area contributed by atoms with Gasteiger partial charge in [0, 0.05) is 25.7 Å². The predicted molar refractivity (Wildman–Crippen MR) is 115 cm³/mol. The number of halogens is 1. The molecule has 144 valence electrons. The van der Waals surface area contributed by atoms with Crippen LogP contribution in [0, 0.1) is 0 Å². The molecule has 2 unspecified atom stereocenters. The van der Waals surface area contributed by atoms with E-state index in [0.717, 1.165) is 45.2 Å². The number of nitrogens with one attached hydrogen (secondary N) is 2. The molecule has 0 saturated carbocycles. The Morgan fingerprint density at radius 3 is 3.04 bits per heavy atom. The standard InChI is InChI=1S/C19H34N4O.HI/c1-2-20-19(21-11-10-16-7-4-3-5-8-16)22-13-18-14-23-12-6-9-17(23)15-24-18;/h7,17-18H,2-6,8-15H2,1H3,(H2,20,21,22);1H. The third kappa shape index (κ3) is 6.71. The summed E-state index contributed by atoms with van der Waals surface area (Å²) in [4.78, 5) is 7.34. The zero-order chi connectivity index (χ0) is 16.6. The Labute approximate surface area is 170 Å². The Balaban J connectivity index is 0.00000225. The van der Waals surface area contributed by atoms with E-state index in [-0.39, 0.29) is 30.1 Å². The molecule has 0 spiro atoms. The van der Waals surface area contributed by atoms with Crippen LogP contribution in [-0.4, -0.2) is 62.3 Å². The summed E-state index contributed by atoms with van der Waals surface area (Å²) in [6.07, 6.45) is 11.7. The highest BCUT2D eigenvalue weighted by Crippen LogP contribution is 2.22. The van der Waals surface area contributed by atoms with Crippen molar-refractivity contribution in [2.45, 2.75) is 64.0 Å². The van der Waals surface area contributed by atoms with E-state index in [1.165, 1.54) is 45.1 Å². The minimum atomic E-state index is 0. The van der Waals surface area contributed by atoms with Gasteiger partial charge in [-0.15, -0.1) is 24.0 Å². The molecule has 2 heterocycles. The first-order valence-corrected chi connectivity index (χ1v) is 9.91. The van der Waals surface area contributed by atoms with Crippen LogP contribution >= 0.6 is 24.0 Å². The number of fused-ring (bicyclic) bond motifs is 1. The van der Waals surface area contributed by atoms with Crippen LogP contribution in [0.25, 0.3) is 0 Å². The zero-order valence-electron chi connectivity index (χ0n) is 15.6. The lowest BCUT2D eigenvalue weighted by atomic mass is 9.97. The quantitative estimate of drug-likeness (QED) is 0.276. The first-order chi connectivity index (χ1) is 11.8. The fourth-order valence-electron chi connectivity index (χ4n) is 4.00. The van der Waals surface area contributed by atoms with Crippen LogP contribution in [0.1, 0.15) is 51.9 Å². The molecule has 0 radical (unpaired) electrons. The van der Waals surface area contributed by atoms with Gasteiger partial charge >= 0.3 is 0 Å². The third-order valence-corrected chi connectivity index (χ3v) is 5.38. The maximum absolute atomic E-state index is 6.01. The summed E-state index contributed by atoms with van der Waals surface area (Å²) in [6.45, 7) is 7.90. The summed E-state index contributed by atoms with van der Waals surface area (Å²) in [7, 11) is 0. The van der Waals surface area contributed by atoms with Crippen LogP contribution in [0.2, 0.25) is 0 Å². The van der Waals surface area contributed by atoms with Crippen LogP contribution in [0.3, 0.4) is 0 Å². The number of ether oxygens (including phenoxy) is 1. The highest BCUT2D eigenvalue weighted by Gasteiger charge is 2.31. The smallest absolute Gasteiger partial charge is 0.191 e. The van der Waals surface area contributed by atoms with Gasteiger partial charge in [0.25, 0.3) is 0 Å². The molecule has 0 aromatic rings. The molecular weight excluding hydrogens is 427 g/mol. The minimum absolute atomic E-state index is 0. The maximum Gasteiger partial charge on any atom is 0.191 e. The Morgan fingerprint density at radius 1 is 1.32 bits per heavy atom. The molecule has 0 amide bonds. The van der Waals surface area contributed by atoms with Gasteiger partial charge in [-0.2, -0.15) is 0 Å². The Morgan fingerprint density at radius 2 is 2.24 bits per heavy atom. The van der Waals surface area contributed by atoms with E-state index in [9.17, 15) is 0 Å². The molecule has 2 atom stereocenters. The molecule has 3 aliphatic rings. The Kier molecular flexibility index (Phi) is 9.55. The number of rotatable bonds is 6. The van der Waals surface area contributed by atoms with Gasteiger partial charge in [0.05, 0.1) is 19.3 Å². The second-order valence-electron chi connectivity index (χ2n) is 7.25. The average Bonchev–Trinajstić information content (AvgIpc) is 3.08. The summed E-state index contributed by atoms with van der Waals surface area (Å²) < 4.78 is 6.01. The van der Waals surface area contributed by atoms with Crippen molar-refractivity contribution >= 4 is 29.9 Å². The second-order valence-corrected chi connectivity index (χ2v) is 7.25. The van der Waals surface area contributed by atoms with E-state index < -0.39 is 0 Å². The lowest BCUT2D eigenvalue weighted by Gasteiger charge is -2.34.